The third-order valence-corrected chi connectivity index (χ3v) is 5.83. The number of carbonyl (C=O) groups excluding carboxylic acids is 1. The molecule has 0 unspecified atom stereocenters. The fraction of sp³-hybridized carbons (Fsp3) is 0.562. The van der Waals surface area contributed by atoms with Crippen LogP contribution in [0.3, 0.4) is 0 Å². The van der Waals surface area contributed by atoms with E-state index in [0.29, 0.717) is 30.3 Å². The lowest BCUT2D eigenvalue weighted by molar-refractivity contribution is 0.0955. The summed E-state index contributed by atoms with van der Waals surface area (Å²) < 4.78 is 31.2. The summed E-state index contributed by atoms with van der Waals surface area (Å²) in [6.45, 7) is 3.32. The van der Waals surface area contributed by atoms with Crippen LogP contribution < -0.4 is 10.1 Å². The summed E-state index contributed by atoms with van der Waals surface area (Å²) in [6.07, 6.45) is 1.97. The molecule has 6 nitrogen and oxygen atoms in total. The van der Waals surface area contributed by atoms with Crippen molar-refractivity contribution in [2.24, 2.45) is 5.92 Å². The van der Waals surface area contributed by atoms with Crippen LogP contribution in [-0.4, -0.2) is 51.1 Å². The normalized spacial score (nSPS) is 19.3. The van der Waals surface area contributed by atoms with E-state index < -0.39 is 10.0 Å². The van der Waals surface area contributed by atoms with Crippen molar-refractivity contribution in [3.8, 4) is 5.75 Å². The highest BCUT2D eigenvalue weighted by Gasteiger charge is 2.26. The van der Waals surface area contributed by atoms with E-state index in [4.69, 9.17) is 4.74 Å². The fourth-order valence-electron chi connectivity index (χ4n) is 2.69. The molecule has 128 valence electrons. The molecule has 7 heteroatoms. The number of amides is 1. The Balaban J connectivity index is 1.87. The lowest BCUT2D eigenvalue weighted by Gasteiger charge is -2.30. The predicted octanol–water partition coefficient (Wildman–Crippen LogP) is 1.49. The SMILES string of the molecule is COc1cccc(C(=O)NCCS(=O)(=O)N2CCC[C@@H](C)C2)c1. The summed E-state index contributed by atoms with van der Waals surface area (Å²) in [5, 5.41) is 2.66. The van der Waals surface area contributed by atoms with Crippen LogP contribution in [0.15, 0.2) is 24.3 Å². The second kappa shape index (κ2) is 7.79. The predicted molar refractivity (Wildman–Crippen MR) is 89.1 cm³/mol. The third kappa shape index (κ3) is 4.94. The summed E-state index contributed by atoms with van der Waals surface area (Å²) in [5.74, 6) is 0.610. The smallest absolute Gasteiger partial charge is 0.251 e. The number of nitrogens with zero attached hydrogens (tertiary/aromatic N) is 1. The van der Waals surface area contributed by atoms with Crippen LogP contribution in [0.2, 0.25) is 0 Å². The molecule has 1 N–H and O–H groups in total. The number of methoxy groups -OCH3 is 1. The molecular formula is C16H24N2O4S. The van der Waals surface area contributed by atoms with Crippen molar-refractivity contribution in [3.05, 3.63) is 29.8 Å². The van der Waals surface area contributed by atoms with Crippen LogP contribution >= 0.6 is 0 Å². The van der Waals surface area contributed by atoms with E-state index in [9.17, 15) is 13.2 Å². The summed E-state index contributed by atoms with van der Waals surface area (Å²) in [4.78, 5) is 12.1. The van der Waals surface area contributed by atoms with Gasteiger partial charge < -0.3 is 10.1 Å². The molecular weight excluding hydrogens is 316 g/mol. The molecule has 0 aromatic heterocycles. The number of nitrogens with one attached hydrogen (secondary N) is 1. The van der Waals surface area contributed by atoms with Gasteiger partial charge in [0.05, 0.1) is 12.9 Å². The molecule has 1 aliphatic rings. The maximum atomic E-state index is 12.3. The van der Waals surface area contributed by atoms with Gasteiger partial charge in [-0.25, -0.2) is 12.7 Å². The summed E-state index contributed by atoms with van der Waals surface area (Å²) >= 11 is 0. The van der Waals surface area contributed by atoms with Gasteiger partial charge in [-0.05, 0) is 37.0 Å². The molecule has 0 aliphatic carbocycles. The van der Waals surface area contributed by atoms with E-state index >= 15 is 0 Å². The van der Waals surface area contributed by atoms with Crippen molar-refractivity contribution in [1.82, 2.24) is 9.62 Å². The Morgan fingerprint density at radius 1 is 1.43 bits per heavy atom. The summed E-state index contributed by atoms with van der Waals surface area (Å²) in [6, 6.07) is 6.76. The topological polar surface area (TPSA) is 75.7 Å². The molecule has 1 heterocycles. The van der Waals surface area contributed by atoms with Gasteiger partial charge in [0, 0.05) is 25.2 Å². The van der Waals surface area contributed by atoms with Crippen LogP contribution in [-0.2, 0) is 10.0 Å². The van der Waals surface area contributed by atoms with Crippen LogP contribution in [0.5, 0.6) is 5.75 Å². The number of hydrogen-bond donors (Lipinski definition) is 1. The fourth-order valence-corrected chi connectivity index (χ4v) is 4.20. The van der Waals surface area contributed by atoms with E-state index in [2.05, 4.69) is 12.2 Å². The Kier molecular flexibility index (Phi) is 6.01. The van der Waals surface area contributed by atoms with Gasteiger partial charge >= 0.3 is 0 Å². The molecule has 1 aliphatic heterocycles. The maximum absolute atomic E-state index is 12.3. The quantitative estimate of drug-likeness (QED) is 0.851. The number of sulfonamides is 1. The number of rotatable bonds is 6. The second-order valence-electron chi connectivity index (χ2n) is 5.91. The molecule has 1 aromatic carbocycles. The second-order valence-corrected chi connectivity index (χ2v) is 8.00. The first kappa shape index (κ1) is 17.7. The Morgan fingerprint density at radius 3 is 2.91 bits per heavy atom. The number of hydrogen-bond acceptors (Lipinski definition) is 4. The minimum atomic E-state index is -3.31. The van der Waals surface area contributed by atoms with E-state index in [1.807, 2.05) is 0 Å². The van der Waals surface area contributed by atoms with Crippen LogP contribution in [0.25, 0.3) is 0 Å². The molecule has 1 atom stereocenters. The van der Waals surface area contributed by atoms with E-state index in [1.54, 1.807) is 28.6 Å². The molecule has 23 heavy (non-hydrogen) atoms. The number of carbonyl (C=O) groups is 1. The zero-order valence-electron chi connectivity index (χ0n) is 13.6. The van der Waals surface area contributed by atoms with Gasteiger partial charge in [0.25, 0.3) is 5.91 Å². The lowest BCUT2D eigenvalue weighted by atomic mass is 10.0. The van der Waals surface area contributed by atoms with Crippen molar-refractivity contribution >= 4 is 15.9 Å². The Morgan fingerprint density at radius 2 is 2.22 bits per heavy atom. The van der Waals surface area contributed by atoms with Crippen molar-refractivity contribution in [1.29, 1.82) is 0 Å². The lowest BCUT2D eigenvalue weighted by Crippen LogP contribution is -2.42. The van der Waals surface area contributed by atoms with Crippen molar-refractivity contribution in [3.63, 3.8) is 0 Å². The zero-order valence-corrected chi connectivity index (χ0v) is 14.4. The molecule has 0 saturated carbocycles. The molecule has 2 rings (SSSR count). The van der Waals surface area contributed by atoms with Gasteiger partial charge in [0.15, 0.2) is 0 Å². The molecule has 1 saturated heterocycles. The van der Waals surface area contributed by atoms with E-state index in [1.165, 1.54) is 7.11 Å². The van der Waals surface area contributed by atoms with Crippen molar-refractivity contribution in [2.45, 2.75) is 19.8 Å². The standard InChI is InChI=1S/C16H24N2O4S/c1-13-5-4-9-18(12-13)23(20,21)10-8-17-16(19)14-6-3-7-15(11-14)22-2/h3,6-7,11,13H,4-5,8-10,12H2,1-2H3,(H,17,19)/t13-/m1/s1. The van der Waals surface area contributed by atoms with Gasteiger partial charge in [0.1, 0.15) is 5.75 Å². The van der Waals surface area contributed by atoms with Gasteiger partial charge in [0.2, 0.25) is 10.0 Å². The molecule has 0 bridgehead atoms. The average molecular weight is 340 g/mol. The highest BCUT2D eigenvalue weighted by Crippen LogP contribution is 2.18. The Hall–Kier alpha value is -1.60. The number of benzene rings is 1. The highest BCUT2D eigenvalue weighted by molar-refractivity contribution is 7.89. The third-order valence-electron chi connectivity index (χ3n) is 3.99. The van der Waals surface area contributed by atoms with Gasteiger partial charge in [-0.3, -0.25) is 4.79 Å². The first-order valence-electron chi connectivity index (χ1n) is 7.82. The Bertz CT molecular complexity index is 645. The highest BCUT2D eigenvalue weighted by atomic mass is 32.2. The van der Waals surface area contributed by atoms with Crippen molar-refractivity contribution < 1.29 is 17.9 Å². The number of piperidine rings is 1. The molecule has 1 fully saturated rings. The zero-order chi connectivity index (χ0) is 16.9. The molecule has 1 aromatic rings. The van der Waals surface area contributed by atoms with Gasteiger partial charge in [-0.15, -0.1) is 0 Å². The Labute approximate surface area is 137 Å². The maximum Gasteiger partial charge on any atom is 0.251 e. The first-order valence-corrected chi connectivity index (χ1v) is 9.43. The van der Waals surface area contributed by atoms with Crippen LogP contribution in [0.1, 0.15) is 30.1 Å². The van der Waals surface area contributed by atoms with Crippen molar-refractivity contribution in [2.75, 3.05) is 32.5 Å². The molecule has 0 spiro atoms. The summed E-state index contributed by atoms with van der Waals surface area (Å²) in [7, 11) is -1.78. The van der Waals surface area contributed by atoms with Crippen LogP contribution in [0, 0.1) is 5.92 Å². The largest absolute Gasteiger partial charge is 0.497 e. The van der Waals surface area contributed by atoms with Gasteiger partial charge in [-0.1, -0.05) is 13.0 Å². The van der Waals surface area contributed by atoms with Crippen LogP contribution in [0.4, 0.5) is 0 Å². The van der Waals surface area contributed by atoms with E-state index in [-0.39, 0.29) is 18.2 Å². The first-order chi connectivity index (χ1) is 10.9. The monoisotopic (exact) mass is 340 g/mol. The average Bonchev–Trinajstić information content (AvgIpc) is 2.54. The number of ether oxygens (including phenoxy) is 1. The molecule has 0 radical (unpaired) electrons. The summed E-state index contributed by atoms with van der Waals surface area (Å²) in [5.41, 5.74) is 0.452. The van der Waals surface area contributed by atoms with Gasteiger partial charge in [-0.2, -0.15) is 0 Å². The molecule has 1 amide bonds. The minimum absolute atomic E-state index is 0.0740. The van der Waals surface area contributed by atoms with E-state index in [0.717, 1.165) is 12.8 Å². The minimum Gasteiger partial charge on any atom is -0.497 e.